The number of thiazole rings is 1. The van der Waals surface area contributed by atoms with Crippen LogP contribution in [0.4, 0.5) is 0 Å². The minimum absolute atomic E-state index is 0.717. The summed E-state index contributed by atoms with van der Waals surface area (Å²) < 4.78 is 2.13. The molecule has 4 nitrogen and oxygen atoms in total. The van der Waals surface area contributed by atoms with Crippen molar-refractivity contribution in [3.05, 3.63) is 70.2 Å². The van der Waals surface area contributed by atoms with Crippen LogP contribution in [-0.2, 0) is 12.3 Å². The van der Waals surface area contributed by atoms with Crippen LogP contribution in [-0.4, -0.2) is 19.7 Å². The monoisotopic (exact) mass is 426 g/mol. The van der Waals surface area contributed by atoms with Crippen molar-refractivity contribution in [2.24, 2.45) is 0 Å². The van der Waals surface area contributed by atoms with Gasteiger partial charge >= 0.3 is 0 Å². The highest BCUT2D eigenvalue weighted by Crippen LogP contribution is 2.30. The van der Waals surface area contributed by atoms with Crippen LogP contribution in [0.3, 0.4) is 0 Å². The molecule has 0 atom stereocenters. The van der Waals surface area contributed by atoms with Crippen molar-refractivity contribution >= 4 is 34.7 Å². The molecule has 0 saturated heterocycles. The topological polar surface area (TPSA) is 43.6 Å². The standard InChI is InChI=1S/C21H19ClN4S2/c1-3-26-19(15-7-9-17(22)10-8-15)24-25-21(26)28-13-18-12-27-20(23-18)16-6-4-5-14(2)11-16/h4-12H,3,13H2,1-2H3. The first kappa shape index (κ1) is 19.2. The van der Waals surface area contributed by atoms with Gasteiger partial charge in [-0.3, -0.25) is 0 Å². The zero-order chi connectivity index (χ0) is 19.5. The number of nitrogens with zero attached hydrogens (tertiary/aromatic N) is 4. The van der Waals surface area contributed by atoms with E-state index in [4.69, 9.17) is 16.6 Å². The first-order valence-corrected chi connectivity index (χ1v) is 11.2. The first-order valence-electron chi connectivity index (χ1n) is 8.97. The van der Waals surface area contributed by atoms with Gasteiger partial charge in [-0.25, -0.2) is 4.98 Å². The van der Waals surface area contributed by atoms with E-state index in [1.165, 1.54) is 11.1 Å². The summed E-state index contributed by atoms with van der Waals surface area (Å²) in [7, 11) is 0. The number of thioether (sulfide) groups is 1. The van der Waals surface area contributed by atoms with Gasteiger partial charge in [0.2, 0.25) is 0 Å². The molecule has 0 N–H and O–H groups in total. The number of halogens is 1. The van der Waals surface area contributed by atoms with Gasteiger partial charge < -0.3 is 4.57 Å². The summed E-state index contributed by atoms with van der Waals surface area (Å²) in [5.41, 5.74) is 4.49. The summed E-state index contributed by atoms with van der Waals surface area (Å²) in [5.74, 6) is 1.63. The van der Waals surface area contributed by atoms with Crippen LogP contribution in [0.25, 0.3) is 22.0 Å². The lowest BCUT2D eigenvalue weighted by molar-refractivity contribution is 0.687. The number of rotatable bonds is 6. The molecule has 4 aromatic rings. The first-order chi connectivity index (χ1) is 13.6. The number of aryl methyl sites for hydroxylation is 1. The molecule has 0 saturated carbocycles. The van der Waals surface area contributed by atoms with Crippen molar-refractivity contribution < 1.29 is 0 Å². The van der Waals surface area contributed by atoms with Gasteiger partial charge in [0.1, 0.15) is 5.01 Å². The molecule has 28 heavy (non-hydrogen) atoms. The fourth-order valence-electron chi connectivity index (χ4n) is 2.92. The summed E-state index contributed by atoms with van der Waals surface area (Å²) in [4.78, 5) is 4.79. The Morgan fingerprint density at radius 1 is 1.07 bits per heavy atom. The maximum Gasteiger partial charge on any atom is 0.191 e. The zero-order valence-electron chi connectivity index (χ0n) is 15.6. The Morgan fingerprint density at radius 3 is 2.64 bits per heavy atom. The second-order valence-electron chi connectivity index (χ2n) is 6.36. The number of aromatic nitrogens is 4. The van der Waals surface area contributed by atoms with E-state index in [0.717, 1.165) is 39.5 Å². The Bertz CT molecular complexity index is 1090. The lowest BCUT2D eigenvalue weighted by Crippen LogP contribution is -1.99. The van der Waals surface area contributed by atoms with Crippen molar-refractivity contribution in [3.63, 3.8) is 0 Å². The molecule has 2 aromatic carbocycles. The molecule has 0 unspecified atom stereocenters. The average molecular weight is 427 g/mol. The van der Waals surface area contributed by atoms with Crippen LogP contribution in [0.2, 0.25) is 5.02 Å². The van der Waals surface area contributed by atoms with Crippen LogP contribution in [0.1, 0.15) is 18.2 Å². The molecule has 2 heterocycles. The molecule has 2 aromatic heterocycles. The van der Waals surface area contributed by atoms with Gasteiger partial charge in [0.05, 0.1) is 5.69 Å². The molecule has 7 heteroatoms. The minimum atomic E-state index is 0.717. The summed E-state index contributed by atoms with van der Waals surface area (Å²) in [6, 6.07) is 16.1. The molecule has 0 spiro atoms. The van der Waals surface area contributed by atoms with Gasteiger partial charge in [0.25, 0.3) is 0 Å². The maximum atomic E-state index is 6.00. The fourth-order valence-corrected chi connectivity index (χ4v) is 4.86. The second-order valence-corrected chi connectivity index (χ2v) is 8.60. The summed E-state index contributed by atoms with van der Waals surface area (Å²) >= 11 is 9.34. The van der Waals surface area contributed by atoms with Crippen LogP contribution >= 0.6 is 34.7 Å². The summed E-state index contributed by atoms with van der Waals surface area (Å²) in [5, 5.41) is 13.6. The van der Waals surface area contributed by atoms with E-state index >= 15 is 0 Å². The number of hydrogen-bond donors (Lipinski definition) is 0. The predicted octanol–water partition coefficient (Wildman–Crippen LogP) is 6.34. The molecule has 0 aliphatic heterocycles. The van der Waals surface area contributed by atoms with E-state index in [9.17, 15) is 0 Å². The zero-order valence-corrected chi connectivity index (χ0v) is 18.0. The molecule has 4 rings (SSSR count). The Balaban J connectivity index is 1.50. The fraction of sp³-hybridized carbons (Fsp3) is 0.190. The maximum absolute atomic E-state index is 6.00. The molecule has 0 fully saturated rings. The Labute approximate surface area is 177 Å². The van der Waals surface area contributed by atoms with Crippen molar-refractivity contribution in [1.82, 2.24) is 19.7 Å². The van der Waals surface area contributed by atoms with Crippen LogP contribution in [0.15, 0.2) is 59.1 Å². The quantitative estimate of drug-likeness (QED) is 0.337. The average Bonchev–Trinajstić information content (AvgIpc) is 3.34. The van der Waals surface area contributed by atoms with Crippen molar-refractivity contribution in [2.75, 3.05) is 0 Å². The van der Waals surface area contributed by atoms with Gasteiger partial charge in [0.15, 0.2) is 11.0 Å². The smallest absolute Gasteiger partial charge is 0.191 e. The number of hydrogen-bond acceptors (Lipinski definition) is 5. The Morgan fingerprint density at radius 2 is 1.89 bits per heavy atom. The van der Waals surface area contributed by atoms with E-state index in [1.807, 2.05) is 24.3 Å². The van der Waals surface area contributed by atoms with Crippen LogP contribution in [0, 0.1) is 6.92 Å². The highest BCUT2D eigenvalue weighted by molar-refractivity contribution is 7.98. The molecular weight excluding hydrogens is 408 g/mol. The highest BCUT2D eigenvalue weighted by atomic mass is 35.5. The highest BCUT2D eigenvalue weighted by Gasteiger charge is 2.14. The number of benzene rings is 2. The predicted molar refractivity (Wildman–Crippen MR) is 118 cm³/mol. The molecular formula is C21H19ClN4S2. The normalized spacial score (nSPS) is 11.1. The molecule has 0 amide bonds. The largest absolute Gasteiger partial charge is 0.302 e. The van der Waals surface area contributed by atoms with Gasteiger partial charge in [-0.15, -0.1) is 21.5 Å². The van der Waals surface area contributed by atoms with Gasteiger partial charge in [0, 0.05) is 33.8 Å². The van der Waals surface area contributed by atoms with Crippen LogP contribution in [0.5, 0.6) is 0 Å². The van der Waals surface area contributed by atoms with E-state index < -0.39 is 0 Å². The van der Waals surface area contributed by atoms with E-state index in [1.54, 1.807) is 23.1 Å². The lowest BCUT2D eigenvalue weighted by Gasteiger charge is -2.07. The molecule has 0 bridgehead atoms. The van der Waals surface area contributed by atoms with Gasteiger partial charge in [-0.05, 0) is 44.2 Å². The van der Waals surface area contributed by atoms with E-state index in [0.29, 0.717) is 5.02 Å². The van der Waals surface area contributed by atoms with Gasteiger partial charge in [-0.2, -0.15) is 0 Å². The minimum Gasteiger partial charge on any atom is -0.302 e. The second kappa shape index (κ2) is 8.47. The SMILES string of the molecule is CCn1c(SCc2csc(-c3cccc(C)c3)n2)nnc1-c1ccc(Cl)cc1. The van der Waals surface area contributed by atoms with E-state index in [-0.39, 0.29) is 0 Å². The third-order valence-electron chi connectivity index (χ3n) is 4.30. The third kappa shape index (κ3) is 4.14. The lowest BCUT2D eigenvalue weighted by atomic mass is 10.1. The van der Waals surface area contributed by atoms with Gasteiger partial charge in [-0.1, -0.05) is 47.1 Å². The molecule has 0 aliphatic rings. The van der Waals surface area contributed by atoms with Crippen LogP contribution < -0.4 is 0 Å². The van der Waals surface area contributed by atoms with Crippen molar-refractivity contribution in [2.45, 2.75) is 31.3 Å². The summed E-state index contributed by atoms with van der Waals surface area (Å²) in [6.45, 7) is 5.01. The molecule has 142 valence electrons. The summed E-state index contributed by atoms with van der Waals surface area (Å²) in [6.07, 6.45) is 0. The molecule has 0 radical (unpaired) electrons. The third-order valence-corrected chi connectivity index (χ3v) is 6.49. The molecule has 0 aliphatic carbocycles. The Hall–Kier alpha value is -2.15. The van der Waals surface area contributed by atoms with Crippen molar-refractivity contribution in [3.8, 4) is 22.0 Å². The van der Waals surface area contributed by atoms with E-state index in [2.05, 4.69) is 58.3 Å². The van der Waals surface area contributed by atoms with Crippen molar-refractivity contribution in [1.29, 1.82) is 0 Å². The Kier molecular flexibility index (Phi) is 5.80.